The Kier molecular flexibility index (Phi) is 5.35. The minimum Gasteiger partial charge on any atom is -0.475 e. The fraction of sp³-hybridized carbons (Fsp3) is 0.333. The van der Waals surface area contributed by atoms with Crippen LogP contribution in [0.5, 0.6) is 5.88 Å². The molecule has 0 aliphatic carbocycles. The second-order valence-corrected chi connectivity index (χ2v) is 4.89. The van der Waals surface area contributed by atoms with Gasteiger partial charge in [0.1, 0.15) is 0 Å². The van der Waals surface area contributed by atoms with Gasteiger partial charge in [-0.1, -0.05) is 0 Å². The van der Waals surface area contributed by atoms with Gasteiger partial charge in [-0.05, 0) is 38.1 Å². The predicted octanol–water partition coefficient (Wildman–Crippen LogP) is 2.43. The molecular weight excluding hydrogens is 314 g/mol. The number of ether oxygens (including phenoxy) is 1. The summed E-state index contributed by atoms with van der Waals surface area (Å²) in [6.45, 7) is 5.87. The molecule has 0 radical (unpaired) electrons. The Bertz CT molecular complexity index is 722. The highest BCUT2D eigenvalue weighted by atomic mass is 16.6. The summed E-state index contributed by atoms with van der Waals surface area (Å²) >= 11 is 0. The lowest BCUT2D eigenvalue weighted by Crippen LogP contribution is -2.21. The average molecular weight is 333 g/mol. The maximum atomic E-state index is 12.2. The van der Waals surface area contributed by atoms with Crippen LogP contribution in [0.15, 0.2) is 24.3 Å². The van der Waals surface area contributed by atoms with Crippen molar-refractivity contribution in [2.24, 2.45) is 0 Å². The van der Waals surface area contributed by atoms with Crippen LogP contribution in [-0.2, 0) is 0 Å². The van der Waals surface area contributed by atoms with Gasteiger partial charge in [0, 0.05) is 24.5 Å². The van der Waals surface area contributed by atoms with Gasteiger partial charge in [0.15, 0.2) is 0 Å². The van der Waals surface area contributed by atoms with Crippen molar-refractivity contribution in [2.75, 3.05) is 30.4 Å². The summed E-state index contributed by atoms with van der Waals surface area (Å²) < 4.78 is 4.78. The molecule has 24 heavy (non-hydrogen) atoms. The van der Waals surface area contributed by atoms with Gasteiger partial charge in [0.2, 0.25) is 5.69 Å². The third kappa shape index (κ3) is 3.45. The number of aromatic amines is 1. The molecule has 0 aliphatic rings. The Hall–Kier alpha value is -3.10. The standard InChI is InChI=1S/C15H19N5O4/c1-4-19(5-2)11-8-6-10(7-9-11)16-14(21)12-13(20(22)23)15(24-3)18-17-12/h6-9H,4-5H2,1-3H3,(H,16,21)(H,17,18). The Morgan fingerprint density at radius 2 is 1.96 bits per heavy atom. The molecular formula is C15H19N5O4. The van der Waals surface area contributed by atoms with Crippen LogP contribution in [0.4, 0.5) is 17.1 Å². The number of rotatable bonds is 7. The molecule has 1 aromatic carbocycles. The minimum absolute atomic E-state index is 0.234. The predicted molar refractivity (Wildman–Crippen MR) is 89.8 cm³/mol. The van der Waals surface area contributed by atoms with Crippen LogP contribution < -0.4 is 15.0 Å². The van der Waals surface area contributed by atoms with E-state index >= 15 is 0 Å². The molecule has 1 amide bonds. The molecule has 9 heteroatoms. The molecule has 0 saturated carbocycles. The van der Waals surface area contributed by atoms with E-state index in [4.69, 9.17) is 4.74 Å². The summed E-state index contributed by atoms with van der Waals surface area (Å²) in [5.41, 5.74) is 0.811. The van der Waals surface area contributed by atoms with Crippen LogP contribution in [-0.4, -0.2) is 41.2 Å². The molecule has 2 rings (SSSR count). The van der Waals surface area contributed by atoms with E-state index < -0.39 is 16.5 Å². The summed E-state index contributed by atoms with van der Waals surface area (Å²) in [5, 5.41) is 19.6. The first-order valence-corrected chi connectivity index (χ1v) is 7.44. The van der Waals surface area contributed by atoms with E-state index in [0.717, 1.165) is 18.8 Å². The van der Waals surface area contributed by atoms with Gasteiger partial charge in [-0.15, -0.1) is 5.10 Å². The van der Waals surface area contributed by atoms with Crippen LogP contribution >= 0.6 is 0 Å². The lowest BCUT2D eigenvalue weighted by Gasteiger charge is -2.21. The lowest BCUT2D eigenvalue weighted by molar-refractivity contribution is -0.386. The van der Waals surface area contributed by atoms with E-state index in [2.05, 4.69) is 34.3 Å². The van der Waals surface area contributed by atoms with Crippen LogP contribution in [0.25, 0.3) is 0 Å². The van der Waals surface area contributed by atoms with Crippen molar-refractivity contribution in [1.29, 1.82) is 0 Å². The molecule has 1 aromatic heterocycles. The van der Waals surface area contributed by atoms with E-state index in [1.54, 1.807) is 12.1 Å². The second-order valence-electron chi connectivity index (χ2n) is 4.89. The Morgan fingerprint density at radius 1 is 1.33 bits per heavy atom. The number of nitro groups is 1. The zero-order valence-electron chi connectivity index (χ0n) is 13.7. The normalized spacial score (nSPS) is 10.3. The van der Waals surface area contributed by atoms with Crippen molar-refractivity contribution in [1.82, 2.24) is 10.2 Å². The van der Waals surface area contributed by atoms with E-state index in [-0.39, 0.29) is 11.6 Å². The smallest absolute Gasteiger partial charge is 0.362 e. The Labute approximate surface area is 138 Å². The van der Waals surface area contributed by atoms with Gasteiger partial charge < -0.3 is 15.0 Å². The molecule has 2 N–H and O–H groups in total. The maximum absolute atomic E-state index is 12.2. The highest BCUT2D eigenvalue weighted by molar-refractivity contribution is 6.06. The monoisotopic (exact) mass is 333 g/mol. The topological polar surface area (TPSA) is 113 Å². The van der Waals surface area contributed by atoms with Gasteiger partial charge in [-0.3, -0.25) is 20.0 Å². The van der Waals surface area contributed by atoms with Crippen molar-refractivity contribution in [2.45, 2.75) is 13.8 Å². The van der Waals surface area contributed by atoms with E-state index in [1.807, 2.05) is 12.1 Å². The van der Waals surface area contributed by atoms with Gasteiger partial charge in [-0.2, -0.15) is 0 Å². The van der Waals surface area contributed by atoms with Crippen molar-refractivity contribution in [3.05, 3.63) is 40.1 Å². The fourth-order valence-electron chi connectivity index (χ4n) is 2.33. The summed E-state index contributed by atoms with van der Waals surface area (Å²) in [4.78, 5) is 24.8. The zero-order valence-corrected chi connectivity index (χ0v) is 13.7. The van der Waals surface area contributed by atoms with Crippen LogP contribution in [0.2, 0.25) is 0 Å². The third-order valence-corrected chi connectivity index (χ3v) is 3.57. The van der Waals surface area contributed by atoms with E-state index in [1.165, 1.54) is 7.11 Å². The fourth-order valence-corrected chi connectivity index (χ4v) is 2.33. The molecule has 2 aromatic rings. The molecule has 0 fully saturated rings. The Balaban J connectivity index is 2.18. The molecule has 0 bridgehead atoms. The number of hydrogen-bond donors (Lipinski definition) is 2. The van der Waals surface area contributed by atoms with Gasteiger partial charge in [0.25, 0.3) is 5.91 Å². The van der Waals surface area contributed by atoms with E-state index in [9.17, 15) is 14.9 Å². The molecule has 128 valence electrons. The number of hydrogen-bond acceptors (Lipinski definition) is 6. The number of amides is 1. The van der Waals surface area contributed by atoms with Crippen LogP contribution in [0, 0.1) is 10.1 Å². The molecule has 0 unspecified atom stereocenters. The first kappa shape index (κ1) is 17.3. The molecule has 0 atom stereocenters. The van der Waals surface area contributed by atoms with Crippen LogP contribution in [0.3, 0.4) is 0 Å². The first-order valence-electron chi connectivity index (χ1n) is 7.44. The van der Waals surface area contributed by atoms with Crippen molar-refractivity contribution in [3.63, 3.8) is 0 Å². The largest absolute Gasteiger partial charge is 0.475 e. The summed E-state index contributed by atoms with van der Waals surface area (Å²) in [7, 11) is 1.25. The van der Waals surface area contributed by atoms with Crippen molar-refractivity contribution in [3.8, 4) is 5.88 Å². The molecule has 0 spiro atoms. The van der Waals surface area contributed by atoms with E-state index in [0.29, 0.717) is 5.69 Å². The first-order chi connectivity index (χ1) is 11.5. The molecule has 1 heterocycles. The quantitative estimate of drug-likeness (QED) is 0.594. The van der Waals surface area contributed by atoms with Crippen LogP contribution in [0.1, 0.15) is 24.3 Å². The second kappa shape index (κ2) is 7.44. The summed E-state index contributed by atoms with van der Waals surface area (Å²) in [5.74, 6) is -0.893. The molecule has 0 aliphatic heterocycles. The minimum atomic E-state index is -0.708. The van der Waals surface area contributed by atoms with Crippen molar-refractivity contribution < 1.29 is 14.5 Å². The number of methoxy groups -OCH3 is 1. The number of anilines is 2. The number of benzene rings is 1. The number of nitrogens with one attached hydrogen (secondary N) is 2. The number of nitrogens with zero attached hydrogens (tertiary/aromatic N) is 3. The molecule has 0 saturated heterocycles. The third-order valence-electron chi connectivity index (χ3n) is 3.57. The average Bonchev–Trinajstić information content (AvgIpc) is 3.02. The Morgan fingerprint density at radius 3 is 2.46 bits per heavy atom. The number of aromatic nitrogens is 2. The van der Waals surface area contributed by atoms with Gasteiger partial charge in [-0.25, -0.2) is 0 Å². The summed E-state index contributed by atoms with van der Waals surface area (Å²) in [6.07, 6.45) is 0. The van der Waals surface area contributed by atoms with Gasteiger partial charge in [0.05, 0.1) is 12.0 Å². The number of H-pyrrole nitrogens is 1. The van der Waals surface area contributed by atoms with Crippen molar-refractivity contribution >= 4 is 23.0 Å². The van der Waals surface area contributed by atoms with Gasteiger partial charge >= 0.3 is 11.6 Å². The summed E-state index contributed by atoms with van der Waals surface area (Å²) in [6, 6.07) is 7.24. The number of carbonyl (C=O) groups excluding carboxylic acids is 1. The highest BCUT2D eigenvalue weighted by Gasteiger charge is 2.30. The molecule has 9 nitrogen and oxygen atoms in total. The maximum Gasteiger partial charge on any atom is 0.362 e. The number of carbonyl (C=O) groups is 1. The lowest BCUT2D eigenvalue weighted by atomic mass is 10.2. The highest BCUT2D eigenvalue weighted by Crippen LogP contribution is 2.28. The SMILES string of the molecule is CCN(CC)c1ccc(NC(=O)c2[nH]nc(OC)c2[N+](=O)[O-])cc1. The zero-order chi connectivity index (χ0) is 17.7.